The Balaban J connectivity index is 2.24. The average molecular weight is 251 g/mol. The van der Waals surface area contributed by atoms with Crippen molar-refractivity contribution in [3.05, 3.63) is 35.6 Å². The van der Waals surface area contributed by atoms with E-state index in [2.05, 4.69) is 4.90 Å². The van der Waals surface area contributed by atoms with Gasteiger partial charge in [0.05, 0.1) is 13.2 Å². The first-order chi connectivity index (χ1) is 8.68. The highest BCUT2D eigenvalue weighted by Gasteiger charge is 2.25. The number of benzene rings is 1. The van der Waals surface area contributed by atoms with Crippen molar-refractivity contribution in [1.29, 1.82) is 0 Å². The van der Waals surface area contributed by atoms with Crippen LogP contribution in [0.25, 0.3) is 0 Å². The van der Waals surface area contributed by atoms with Crippen LogP contribution >= 0.6 is 0 Å². The largest absolute Gasteiger partial charge is 0.379 e. The summed E-state index contributed by atoms with van der Waals surface area (Å²) in [7, 11) is 0. The molecule has 1 aromatic carbocycles. The maximum absolute atomic E-state index is 13.9. The number of halogens is 1. The first kappa shape index (κ1) is 13.2. The lowest BCUT2D eigenvalue weighted by Crippen LogP contribution is -2.40. The standard InChI is InChI=1S/C14H18FNO2/c1-11(17)10-14(16-6-8-18-9-7-16)12-4-2-3-5-13(12)15/h2-5,14H,6-10H2,1H3. The zero-order valence-corrected chi connectivity index (χ0v) is 10.6. The van der Waals surface area contributed by atoms with Gasteiger partial charge in [0.25, 0.3) is 0 Å². The lowest BCUT2D eigenvalue weighted by atomic mass is 9.99. The third-order valence-corrected chi connectivity index (χ3v) is 3.23. The summed E-state index contributed by atoms with van der Waals surface area (Å²) in [5, 5.41) is 0. The van der Waals surface area contributed by atoms with Gasteiger partial charge < -0.3 is 4.74 Å². The Morgan fingerprint density at radius 1 is 1.39 bits per heavy atom. The van der Waals surface area contributed by atoms with E-state index < -0.39 is 0 Å². The molecule has 0 radical (unpaired) electrons. The van der Waals surface area contributed by atoms with Crippen molar-refractivity contribution < 1.29 is 13.9 Å². The van der Waals surface area contributed by atoms with Gasteiger partial charge in [-0.1, -0.05) is 18.2 Å². The molecule has 0 saturated carbocycles. The average Bonchev–Trinajstić information content (AvgIpc) is 2.38. The minimum atomic E-state index is -0.241. The van der Waals surface area contributed by atoms with E-state index in [-0.39, 0.29) is 17.6 Å². The number of carbonyl (C=O) groups is 1. The van der Waals surface area contributed by atoms with Crippen LogP contribution in [0.5, 0.6) is 0 Å². The third kappa shape index (κ3) is 3.15. The Morgan fingerprint density at radius 2 is 2.06 bits per heavy atom. The second kappa shape index (κ2) is 6.07. The van der Waals surface area contributed by atoms with Crippen molar-refractivity contribution in [3.63, 3.8) is 0 Å². The van der Waals surface area contributed by atoms with Crippen LogP contribution in [0.2, 0.25) is 0 Å². The Labute approximate surface area is 107 Å². The molecule has 3 nitrogen and oxygen atoms in total. The molecule has 1 aromatic rings. The number of nitrogens with zero attached hydrogens (tertiary/aromatic N) is 1. The summed E-state index contributed by atoms with van der Waals surface area (Å²) in [6.45, 7) is 4.32. The van der Waals surface area contributed by atoms with E-state index in [1.165, 1.54) is 6.07 Å². The highest BCUT2D eigenvalue weighted by molar-refractivity contribution is 5.76. The molecule has 1 fully saturated rings. The molecular formula is C14H18FNO2. The van der Waals surface area contributed by atoms with Crippen molar-refractivity contribution >= 4 is 5.78 Å². The summed E-state index contributed by atoms with van der Waals surface area (Å²) < 4.78 is 19.2. The molecule has 1 unspecified atom stereocenters. The number of morpholine rings is 1. The van der Waals surface area contributed by atoms with Crippen molar-refractivity contribution in [2.24, 2.45) is 0 Å². The Bertz CT molecular complexity index is 416. The highest BCUT2D eigenvalue weighted by Crippen LogP contribution is 2.27. The molecule has 1 saturated heterocycles. The molecule has 0 spiro atoms. The Hall–Kier alpha value is -1.26. The number of ketones is 1. The maximum atomic E-state index is 13.9. The van der Waals surface area contributed by atoms with Gasteiger partial charge in [-0.2, -0.15) is 0 Å². The zero-order valence-electron chi connectivity index (χ0n) is 10.6. The number of Topliss-reactive ketones (excluding diaryl/α,β-unsaturated/α-hetero) is 1. The molecule has 0 bridgehead atoms. The van der Waals surface area contributed by atoms with Crippen LogP contribution < -0.4 is 0 Å². The van der Waals surface area contributed by atoms with Crippen molar-refractivity contribution in [1.82, 2.24) is 4.90 Å². The molecule has 1 aliphatic rings. The van der Waals surface area contributed by atoms with E-state index in [1.54, 1.807) is 19.1 Å². The molecule has 1 aliphatic heterocycles. The van der Waals surface area contributed by atoms with E-state index in [9.17, 15) is 9.18 Å². The number of carbonyl (C=O) groups excluding carboxylic acids is 1. The summed E-state index contributed by atoms with van der Waals surface area (Å²) in [6.07, 6.45) is 0.348. The highest BCUT2D eigenvalue weighted by atomic mass is 19.1. The minimum absolute atomic E-state index is 0.0785. The van der Waals surface area contributed by atoms with Crippen LogP contribution in [0.15, 0.2) is 24.3 Å². The van der Waals surface area contributed by atoms with Crippen LogP contribution in [0, 0.1) is 5.82 Å². The lowest BCUT2D eigenvalue weighted by Gasteiger charge is -2.34. The number of hydrogen-bond acceptors (Lipinski definition) is 3. The number of hydrogen-bond donors (Lipinski definition) is 0. The van der Waals surface area contributed by atoms with Gasteiger partial charge in [-0.3, -0.25) is 9.69 Å². The summed E-state index contributed by atoms with van der Waals surface area (Å²) in [5.74, 6) is -0.162. The molecule has 1 heterocycles. The molecule has 2 rings (SSSR count). The van der Waals surface area contributed by atoms with Crippen molar-refractivity contribution in [2.75, 3.05) is 26.3 Å². The molecule has 98 valence electrons. The Kier molecular flexibility index (Phi) is 4.44. The molecule has 0 aliphatic carbocycles. The summed E-state index contributed by atoms with van der Waals surface area (Å²) in [5.41, 5.74) is 0.606. The van der Waals surface area contributed by atoms with Crippen LogP contribution in [-0.2, 0) is 9.53 Å². The number of rotatable bonds is 4. The zero-order chi connectivity index (χ0) is 13.0. The minimum Gasteiger partial charge on any atom is -0.379 e. The fourth-order valence-corrected chi connectivity index (χ4v) is 2.34. The van der Waals surface area contributed by atoms with Crippen LogP contribution in [0.3, 0.4) is 0 Å². The smallest absolute Gasteiger partial charge is 0.131 e. The van der Waals surface area contributed by atoms with Gasteiger partial charge in [0, 0.05) is 31.1 Å². The Morgan fingerprint density at radius 3 is 2.67 bits per heavy atom. The normalized spacial score (nSPS) is 18.6. The first-order valence-electron chi connectivity index (χ1n) is 6.24. The lowest BCUT2D eigenvalue weighted by molar-refractivity contribution is -0.118. The molecule has 0 aromatic heterocycles. The molecule has 0 N–H and O–H groups in total. The quantitative estimate of drug-likeness (QED) is 0.821. The fourth-order valence-electron chi connectivity index (χ4n) is 2.34. The van der Waals surface area contributed by atoms with Gasteiger partial charge in [-0.05, 0) is 13.0 Å². The molecule has 4 heteroatoms. The SMILES string of the molecule is CC(=O)CC(c1ccccc1F)N1CCOCC1. The van der Waals surface area contributed by atoms with E-state index in [0.717, 1.165) is 13.1 Å². The maximum Gasteiger partial charge on any atom is 0.131 e. The van der Waals surface area contributed by atoms with Gasteiger partial charge >= 0.3 is 0 Å². The topological polar surface area (TPSA) is 29.5 Å². The third-order valence-electron chi connectivity index (χ3n) is 3.23. The monoisotopic (exact) mass is 251 g/mol. The molecule has 0 amide bonds. The van der Waals surface area contributed by atoms with Gasteiger partial charge in [0.15, 0.2) is 0 Å². The van der Waals surface area contributed by atoms with E-state index in [4.69, 9.17) is 4.74 Å². The molecule has 1 atom stereocenters. The van der Waals surface area contributed by atoms with Gasteiger partial charge in [0.2, 0.25) is 0 Å². The van der Waals surface area contributed by atoms with Crippen LogP contribution in [0.1, 0.15) is 24.9 Å². The van der Waals surface area contributed by atoms with Gasteiger partial charge in [-0.25, -0.2) is 4.39 Å². The van der Waals surface area contributed by atoms with Crippen molar-refractivity contribution in [3.8, 4) is 0 Å². The first-order valence-corrected chi connectivity index (χ1v) is 6.24. The van der Waals surface area contributed by atoms with E-state index in [0.29, 0.717) is 25.2 Å². The summed E-state index contributed by atoms with van der Waals surface area (Å²) >= 11 is 0. The predicted octanol–water partition coefficient (Wildman–Crippen LogP) is 2.18. The molecular weight excluding hydrogens is 233 g/mol. The van der Waals surface area contributed by atoms with Gasteiger partial charge in [0.1, 0.15) is 11.6 Å². The van der Waals surface area contributed by atoms with E-state index >= 15 is 0 Å². The fraction of sp³-hybridized carbons (Fsp3) is 0.500. The second-order valence-electron chi connectivity index (χ2n) is 4.59. The van der Waals surface area contributed by atoms with Crippen LogP contribution in [-0.4, -0.2) is 37.0 Å². The summed E-state index contributed by atoms with van der Waals surface area (Å²) in [6, 6.07) is 6.52. The molecule has 18 heavy (non-hydrogen) atoms. The predicted molar refractivity (Wildman–Crippen MR) is 66.8 cm³/mol. The van der Waals surface area contributed by atoms with Crippen LogP contribution in [0.4, 0.5) is 4.39 Å². The number of ether oxygens (including phenoxy) is 1. The second-order valence-corrected chi connectivity index (χ2v) is 4.59. The summed E-state index contributed by atoms with van der Waals surface area (Å²) in [4.78, 5) is 13.5. The van der Waals surface area contributed by atoms with Gasteiger partial charge in [-0.15, -0.1) is 0 Å². The van der Waals surface area contributed by atoms with E-state index in [1.807, 2.05) is 6.07 Å². The van der Waals surface area contributed by atoms with Crippen molar-refractivity contribution in [2.45, 2.75) is 19.4 Å².